The van der Waals surface area contributed by atoms with E-state index in [1.165, 1.54) is 37.4 Å². The monoisotopic (exact) mass is 450 g/mol. The van der Waals surface area contributed by atoms with Crippen molar-refractivity contribution in [3.8, 4) is 5.75 Å². The minimum Gasteiger partial charge on any atom is -0.507 e. The summed E-state index contributed by atoms with van der Waals surface area (Å²) in [4.78, 5) is 14.6. The summed E-state index contributed by atoms with van der Waals surface area (Å²) >= 11 is 0. The number of aliphatic hydroxyl groups is 1. The van der Waals surface area contributed by atoms with Crippen molar-refractivity contribution in [3.63, 3.8) is 0 Å². The number of halogens is 4. The van der Waals surface area contributed by atoms with Crippen LogP contribution in [0.3, 0.4) is 0 Å². The molecule has 4 N–H and O–H groups in total. The van der Waals surface area contributed by atoms with Gasteiger partial charge in [-0.3, -0.25) is 4.79 Å². The Hall–Kier alpha value is -3.07. The second-order valence-electron chi connectivity index (χ2n) is 8.22. The van der Waals surface area contributed by atoms with E-state index in [0.29, 0.717) is 5.39 Å². The van der Waals surface area contributed by atoms with Crippen LogP contribution in [-0.2, 0) is 0 Å². The highest BCUT2D eigenvalue weighted by Crippen LogP contribution is 2.55. The summed E-state index contributed by atoms with van der Waals surface area (Å²) in [5.74, 6) is -2.11. The number of nitrogens with one attached hydrogen (secondary N) is 2. The summed E-state index contributed by atoms with van der Waals surface area (Å²) in [6, 6.07) is 5.15. The van der Waals surface area contributed by atoms with Gasteiger partial charge < -0.3 is 20.5 Å². The highest BCUT2D eigenvalue weighted by atomic mass is 19.4. The van der Waals surface area contributed by atoms with Crippen LogP contribution in [0.1, 0.15) is 48.4 Å². The third-order valence-corrected chi connectivity index (χ3v) is 6.41. The van der Waals surface area contributed by atoms with Gasteiger partial charge in [-0.25, -0.2) is 4.39 Å². The zero-order valence-corrected chi connectivity index (χ0v) is 17.3. The van der Waals surface area contributed by atoms with E-state index < -0.39 is 47.3 Å². The molecule has 0 spiro atoms. The maximum Gasteiger partial charge on any atom is 0.419 e. The second kappa shape index (κ2) is 7.51. The molecule has 0 aliphatic heterocycles. The Balaban J connectivity index is 1.98. The molecule has 4 rings (SSSR count). The topological polar surface area (TPSA) is 85.4 Å². The molecular formula is C23H22F4N2O3. The van der Waals surface area contributed by atoms with Gasteiger partial charge in [0.15, 0.2) is 5.60 Å². The zero-order chi connectivity index (χ0) is 23.4. The molecule has 1 aliphatic carbocycles. The van der Waals surface area contributed by atoms with Gasteiger partial charge in [-0.1, -0.05) is 13.0 Å². The molecule has 3 aromatic rings. The van der Waals surface area contributed by atoms with Gasteiger partial charge in [0.25, 0.3) is 5.56 Å². The van der Waals surface area contributed by atoms with E-state index in [1.807, 2.05) is 0 Å². The summed E-state index contributed by atoms with van der Waals surface area (Å²) < 4.78 is 57.3. The number of aromatic hydroxyl groups is 1. The Morgan fingerprint density at radius 3 is 2.62 bits per heavy atom. The Morgan fingerprint density at radius 2 is 1.97 bits per heavy atom. The fraction of sp³-hybridized carbons (Fsp3) is 0.348. The lowest BCUT2D eigenvalue weighted by molar-refractivity contribution is -0.272. The molecule has 0 bridgehead atoms. The van der Waals surface area contributed by atoms with Crippen molar-refractivity contribution >= 4 is 16.5 Å². The van der Waals surface area contributed by atoms with Gasteiger partial charge in [0.2, 0.25) is 0 Å². The molecule has 0 radical (unpaired) electrons. The molecule has 0 unspecified atom stereocenters. The summed E-state index contributed by atoms with van der Waals surface area (Å²) in [5.41, 5.74) is -3.52. The summed E-state index contributed by atoms with van der Waals surface area (Å²) in [7, 11) is 0. The first-order chi connectivity index (χ1) is 15.0. The number of aromatic nitrogens is 1. The molecule has 0 amide bonds. The molecule has 2 aromatic carbocycles. The van der Waals surface area contributed by atoms with Crippen LogP contribution in [0.5, 0.6) is 5.75 Å². The molecule has 9 heteroatoms. The van der Waals surface area contributed by atoms with Gasteiger partial charge in [-0.2, -0.15) is 13.2 Å². The van der Waals surface area contributed by atoms with Crippen LogP contribution in [0.4, 0.5) is 23.2 Å². The Morgan fingerprint density at radius 1 is 1.25 bits per heavy atom. The first kappa shape index (κ1) is 22.1. The Labute approximate surface area is 180 Å². The van der Waals surface area contributed by atoms with E-state index in [9.17, 15) is 32.6 Å². The van der Waals surface area contributed by atoms with Crippen molar-refractivity contribution in [2.45, 2.75) is 50.4 Å². The quantitative estimate of drug-likeness (QED) is 0.422. The summed E-state index contributed by atoms with van der Waals surface area (Å²) in [6.07, 6.45) is -4.18. The number of phenolic OH excluding ortho intramolecular Hbond substituents is 1. The molecule has 0 fully saturated rings. The SMILES string of the molecule is CC[C@@H]1C[C@](O)(C(F)(F)F)[C@@H](Nc2cccc3c(=O)[nH]ccc23)c2cc(F)c(C)c(O)c21. The maximum absolute atomic E-state index is 14.6. The second-order valence-corrected chi connectivity index (χ2v) is 8.22. The maximum atomic E-state index is 14.6. The predicted molar refractivity (Wildman–Crippen MR) is 112 cm³/mol. The summed E-state index contributed by atoms with van der Waals surface area (Å²) in [6.45, 7) is 3.00. The molecule has 170 valence electrons. The van der Waals surface area contributed by atoms with Gasteiger partial charge in [-0.05, 0) is 55.5 Å². The predicted octanol–water partition coefficient (Wildman–Crippen LogP) is 5.03. The number of H-pyrrole nitrogens is 1. The largest absolute Gasteiger partial charge is 0.507 e. The standard InChI is InChI=1S/C23H22F4N2O3/c1-3-12-10-22(32,23(25,26)27)20(15-9-16(24)11(2)19(30)18(12)15)29-17-6-4-5-14-13(17)7-8-28-21(14)31/h4-9,12,20,29-30,32H,3,10H2,1-2H3,(H,28,31)/t12-,20+,22-/m1/s1. The smallest absolute Gasteiger partial charge is 0.419 e. The minimum atomic E-state index is -5.05. The van der Waals surface area contributed by atoms with E-state index in [0.717, 1.165) is 6.07 Å². The number of rotatable bonds is 3. The normalized spacial score (nSPS) is 23.2. The first-order valence-electron chi connectivity index (χ1n) is 10.2. The summed E-state index contributed by atoms with van der Waals surface area (Å²) in [5, 5.41) is 24.9. The van der Waals surface area contributed by atoms with Gasteiger partial charge >= 0.3 is 6.18 Å². The van der Waals surface area contributed by atoms with E-state index in [-0.39, 0.29) is 34.2 Å². The van der Waals surface area contributed by atoms with E-state index in [2.05, 4.69) is 10.3 Å². The van der Waals surface area contributed by atoms with Crippen LogP contribution in [0.2, 0.25) is 0 Å². The lowest BCUT2D eigenvalue weighted by Crippen LogP contribution is -2.55. The van der Waals surface area contributed by atoms with Crippen LogP contribution in [-0.4, -0.2) is 27.0 Å². The molecule has 3 atom stereocenters. The van der Waals surface area contributed by atoms with Crippen LogP contribution in [0, 0.1) is 12.7 Å². The van der Waals surface area contributed by atoms with Crippen LogP contribution in [0.25, 0.3) is 10.8 Å². The third kappa shape index (κ3) is 3.23. The van der Waals surface area contributed by atoms with Crippen molar-refractivity contribution in [1.29, 1.82) is 0 Å². The molecule has 0 saturated heterocycles. The van der Waals surface area contributed by atoms with Gasteiger partial charge in [0.05, 0.1) is 6.04 Å². The number of anilines is 1. The number of fused-ring (bicyclic) bond motifs is 2. The fourth-order valence-corrected chi connectivity index (χ4v) is 4.62. The van der Waals surface area contributed by atoms with Crippen molar-refractivity contribution in [2.24, 2.45) is 0 Å². The van der Waals surface area contributed by atoms with Crippen molar-refractivity contribution in [1.82, 2.24) is 4.98 Å². The highest BCUT2D eigenvalue weighted by Gasteiger charge is 2.62. The number of hydrogen-bond donors (Lipinski definition) is 4. The van der Waals surface area contributed by atoms with Crippen molar-refractivity contribution < 1.29 is 27.8 Å². The zero-order valence-electron chi connectivity index (χ0n) is 17.3. The lowest BCUT2D eigenvalue weighted by atomic mass is 9.68. The van der Waals surface area contributed by atoms with E-state index in [1.54, 1.807) is 6.92 Å². The number of alkyl halides is 3. The van der Waals surface area contributed by atoms with Crippen LogP contribution in [0.15, 0.2) is 41.3 Å². The molecule has 1 heterocycles. The Bertz CT molecular complexity index is 1250. The number of aromatic amines is 1. The fourth-order valence-electron chi connectivity index (χ4n) is 4.62. The Kier molecular flexibility index (Phi) is 5.20. The van der Waals surface area contributed by atoms with E-state index >= 15 is 0 Å². The van der Waals surface area contributed by atoms with Gasteiger partial charge in [0.1, 0.15) is 11.6 Å². The lowest BCUT2D eigenvalue weighted by Gasteiger charge is -2.46. The molecule has 0 saturated carbocycles. The first-order valence-corrected chi connectivity index (χ1v) is 10.2. The number of benzene rings is 2. The number of phenols is 1. The van der Waals surface area contributed by atoms with Crippen molar-refractivity contribution in [2.75, 3.05) is 5.32 Å². The molecule has 32 heavy (non-hydrogen) atoms. The van der Waals surface area contributed by atoms with Crippen LogP contribution >= 0.6 is 0 Å². The number of pyridine rings is 1. The molecule has 1 aliphatic rings. The molecular weight excluding hydrogens is 428 g/mol. The van der Waals surface area contributed by atoms with Gasteiger partial charge in [-0.15, -0.1) is 0 Å². The molecule has 5 nitrogen and oxygen atoms in total. The minimum absolute atomic E-state index is 0.0601. The molecule has 1 aromatic heterocycles. The average Bonchev–Trinajstić information content (AvgIpc) is 2.73. The number of hydrogen-bond acceptors (Lipinski definition) is 4. The van der Waals surface area contributed by atoms with E-state index in [4.69, 9.17) is 0 Å². The van der Waals surface area contributed by atoms with Crippen molar-refractivity contribution in [3.05, 3.63) is 69.4 Å². The average molecular weight is 450 g/mol. The van der Waals surface area contributed by atoms with Gasteiger partial charge in [0, 0.05) is 33.8 Å². The van der Waals surface area contributed by atoms with Crippen LogP contribution < -0.4 is 10.9 Å². The highest BCUT2D eigenvalue weighted by molar-refractivity contribution is 5.93. The third-order valence-electron chi connectivity index (χ3n) is 6.41.